The van der Waals surface area contributed by atoms with Crippen molar-refractivity contribution in [3.8, 4) is 11.5 Å². The second-order valence-electron chi connectivity index (χ2n) is 5.79. The highest BCUT2D eigenvalue weighted by molar-refractivity contribution is 5.85. The molecule has 6 nitrogen and oxygen atoms in total. The van der Waals surface area contributed by atoms with Gasteiger partial charge in [-0.2, -0.15) is 0 Å². The van der Waals surface area contributed by atoms with E-state index >= 15 is 0 Å². The first-order chi connectivity index (χ1) is 12.3. The molecule has 2 N–H and O–H groups in total. The standard InChI is InChI=1S/C19H20FNO5/c1-11-4-6-15(12(2)8-11)26-10-17(22)21-18(19(23)24)13-5-7-16(25-3)14(20)9-13/h4-9,18H,10H2,1-3H3,(H,21,22)(H,23,24). The van der Waals surface area contributed by atoms with Crippen LogP contribution in [0.15, 0.2) is 36.4 Å². The maximum Gasteiger partial charge on any atom is 0.330 e. The van der Waals surface area contributed by atoms with Gasteiger partial charge in [-0.05, 0) is 43.2 Å². The molecule has 0 aliphatic heterocycles. The third-order valence-corrected chi connectivity index (χ3v) is 3.75. The van der Waals surface area contributed by atoms with Gasteiger partial charge in [-0.15, -0.1) is 0 Å². The minimum absolute atomic E-state index is 0.0117. The Morgan fingerprint density at radius 3 is 2.42 bits per heavy atom. The fourth-order valence-electron chi connectivity index (χ4n) is 2.46. The zero-order valence-electron chi connectivity index (χ0n) is 14.7. The van der Waals surface area contributed by atoms with E-state index in [1.54, 1.807) is 6.07 Å². The normalized spacial score (nSPS) is 11.5. The van der Waals surface area contributed by atoms with Crippen molar-refractivity contribution >= 4 is 11.9 Å². The van der Waals surface area contributed by atoms with Crippen molar-refractivity contribution in [2.24, 2.45) is 0 Å². The van der Waals surface area contributed by atoms with E-state index in [0.29, 0.717) is 5.75 Å². The van der Waals surface area contributed by atoms with Crippen LogP contribution in [0.25, 0.3) is 0 Å². The third-order valence-electron chi connectivity index (χ3n) is 3.75. The van der Waals surface area contributed by atoms with Crippen LogP contribution in [-0.4, -0.2) is 30.7 Å². The maximum atomic E-state index is 13.8. The van der Waals surface area contributed by atoms with Gasteiger partial charge in [-0.1, -0.05) is 23.8 Å². The van der Waals surface area contributed by atoms with Gasteiger partial charge >= 0.3 is 5.97 Å². The lowest BCUT2D eigenvalue weighted by Crippen LogP contribution is -2.36. The molecule has 0 saturated carbocycles. The van der Waals surface area contributed by atoms with Crippen molar-refractivity contribution < 1.29 is 28.6 Å². The molecule has 0 aliphatic carbocycles. The van der Waals surface area contributed by atoms with Crippen LogP contribution in [0.4, 0.5) is 4.39 Å². The SMILES string of the molecule is COc1ccc(C(NC(=O)COc2ccc(C)cc2C)C(=O)O)cc1F. The van der Waals surface area contributed by atoms with Crippen molar-refractivity contribution in [3.63, 3.8) is 0 Å². The van der Waals surface area contributed by atoms with Gasteiger partial charge in [0.15, 0.2) is 24.2 Å². The Kier molecular flexibility index (Phi) is 6.16. The molecule has 2 aromatic rings. The highest BCUT2D eigenvalue weighted by atomic mass is 19.1. The molecule has 1 unspecified atom stereocenters. The minimum Gasteiger partial charge on any atom is -0.494 e. The van der Waals surface area contributed by atoms with Crippen molar-refractivity contribution in [1.82, 2.24) is 5.32 Å². The van der Waals surface area contributed by atoms with Crippen molar-refractivity contribution in [3.05, 3.63) is 58.9 Å². The number of ether oxygens (including phenoxy) is 2. The molecular formula is C19H20FNO5. The Labute approximate surface area is 150 Å². The number of aryl methyl sites for hydroxylation is 2. The van der Waals surface area contributed by atoms with Crippen LogP contribution < -0.4 is 14.8 Å². The first kappa shape index (κ1) is 19.2. The number of rotatable bonds is 7. The zero-order valence-corrected chi connectivity index (χ0v) is 14.7. The summed E-state index contributed by atoms with van der Waals surface area (Å²) in [6.45, 7) is 3.43. The predicted molar refractivity (Wildman–Crippen MR) is 92.9 cm³/mol. The Bertz CT molecular complexity index is 822. The van der Waals surface area contributed by atoms with Crippen LogP contribution in [0.2, 0.25) is 0 Å². The molecule has 7 heteroatoms. The van der Waals surface area contributed by atoms with E-state index in [2.05, 4.69) is 5.32 Å². The summed E-state index contributed by atoms with van der Waals surface area (Å²) in [5, 5.41) is 11.7. The van der Waals surface area contributed by atoms with Crippen molar-refractivity contribution in [2.45, 2.75) is 19.9 Å². The number of halogens is 1. The molecule has 2 rings (SSSR count). The maximum absolute atomic E-state index is 13.8. The number of nitrogens with one attached hydrogen (secondary N) is 1. The van der Waals surface area contributed by atoms with E-state index < -0.39 is 23.7 Å². The van der Waals surface area contributed by atoms with E-state index in [-0.39, 0.29) is 17.9 Å². The number of carbonyl (C=O) groups is 2. The van der Waals surface area contributed by atoms with Gasteiger partial charge in [-0.3, -0.25) is 4.79 Å². The van der Waals surface area contributed by atoms with Gasteiger partial charge in [0.05, 0.1) is 7.11 Å². The average Bonchev–Trinajstić information content (AvgIpc) is 2.58. The molecule has 2 aromatic carbocycles. The summed E-state index contributed by atoms with van der Waals surface area (Å²) in [4.78, 5) is 23.5. The molecule has 0 spiro atoms. The van der Waals surface area contributed by atoms with Gasteiger partial charge in [0.2, 0.25) is 0 Å². The number of carboxylic acids is 1. The fourth-order valence-corrected chi connectivity index (χ4v) is 2.46. The van der Waals surface area contributed by atoms with E-state index in [9.17, 15) is 19.1 Å². The summed E-state index contributed by atoms with van der Waals surface area (Å²) in [5.41, 5.74) is 2.02. The molecule has 0 aromatic heterocycles. The first-order valence-corrected chi connectivity index (χ1v) is 7.87. The van der Waals surface area contributed by atoms with Crippen molar-refractivity contribution in [1.29, 1.82) is 0 Å². The van der Waals surface area contributed by atoms with Crippen LogP contribution in [0.3, 0.4) is 0 Å². The van der Waals surface area contributed by atoms with Crippen LogP contribution in [0.5, 0.6) is 11.5 Å². The molecular weight excluding hydrogens is 341 g/mol. The first-order valence-electron chi connectivity index (χ1n) is 7.87. The molecule has 1 atom stereocenters. The van der Waals surface area contributed by atoms with E-state index in [1.807, 2.05) is 26.0 Å². The van der Waals surface area contributed by atoms with Gasteiger partial charge in [0, 0.05) is 0 Å². The monoisotopic (exact) mass is 361 g/mol. The summed E-state index contributed by atoms with van der Waals surface area (Å²) < 4.78 is 24.0. The number of hydrogen-bond acceptors (Lipinski definition) is 4. The number of carboxylic acid groups (broad SMARTS) is 1. The van der Waals surface area contributed by atoms with Gasteiger partial charge < -0.3 is 19.9 Å². The average molecular weight is 361 g/mol. The summed E-state index contributed by atoms with van der Waals surface area (Å²) in [7, 11) is 1.30. The minimum atomic E-state index is -1.40. The molecule has 0 heterocycles. The van der Waals surface area contributed by atoms with Gasteiger partial charge in [-0.25, -0.2) is 9.18 Å². The van der Waals surface area contributed by atoms with E-state index in [0.717, 1.165) is 17.2 Å². The van der Waals surface area contributed by atoms with Crippen LogP contribution >= 0.6 is 0 Å². The Balaban J connectivity index is 2.06. The van der Waals surface area contributed by atoms with Gasteiger partial charge in [0.25, 0.3) is 5.91 Å². The predicted octanol–water partition coefficient (Wildman–Crippen LogP) is 2.77. The van der Waals surface area contributed by atoms with Gasteiger partial charge in [0.1, 0.15) is 5.75 Å². The highest BCUT2D eigenvalue weighted by Crippen LogP contribution is 2.22. The molecule has 138 valence electrons. The molecule has 0 radical (unpaired) electrons. The summed E-state index contributed by atoms with van der Waals surface area (Å²) in [5.74, 6) is -2.13. The second-order valence-corrected chi connectivity index (χ2v) is 5.79. The number of carbonyl (C=O) groups excluding carboxylic acids is 1. The van der Waals surface area contributed by atoms with Crippen LogP contribution in [0.1, 0.15) is 22.7 Å². The quantitative estimate of drug-likeness (QED) is 0.792. The van der Waals surface area contributed by atoms with Crippen molar-refractivity contribution in [2.75, 3.05) is 13.7 Å². The smallest absolute Gasteiger partial charge is 0.330 e. The Morgan fingerprint density at radius 2 is 1.85 bits per heavy atom. The number of methoxy groups -OCH3 is 1. The van der Waals surface area contributed by atoms with Crippen LogP contribution in [-0.2, 0) is 9.59 Å². The Morgan fingerprint density at radius 1 is 1.15 bits per heavy atom. The van der Waals surface area contributed by atoms with E-state index in [4.69, 9.17) is 9.47 Å². The number of benzene rings is 2. The zero-order chi connectivity index (χ0) is 19.3. The lowest BCUT2D eigenvalue weighted by Gasteiger charge is -2.16. The topological polar surface area (TPSA) is 84.9 Å². The molecule has 1 amide bonds. The molecule has 0 saturated heterocycles. The molecule has 26 heavy (non-hydrogen) atoms. The summed E-state index contributed by atoms with van der Waals surface area (Å²) in [6.07, 6.45) is 0. The molecule has 0 bridgehead atoms. The summed E-state index contributed by atoms with van der Waals surface area (Å²) >= 11 is 0. The van der Waals surface area contributed by atoms with E-state index in [1.165, 1.54) is 19.2 Å². The fraction of sp³-hybridized carbons (Fsp3) is 0.263. The largest absolute Gasteiger partial charge is 0.494 e. The number of aliphatic carboxylic acids is 1. The third kappa shape index (κ3) is 4.72. The highest BCUT2D eigenvalue weighted by Gasteiger charge is 2.23. The lowest BCUT2D eigenvalue weighted by atomic mass is 10.1. The second kappa shape index (κ2) is 8.33. The summed E-state index contributed by atoms with van der Waals surface area (Å²) in [6, 6.07) is 7.80. The lowest BCUT2D eigenvalue weighted by molar-refractivity contribution is -0.142. The number of amides is 1. The molecule has 0 aliphatic rings. The Hall–Kier alpha value is -3.09. The van der Waals surface area contributed by atoms with Crippen LogP contribution in [0, 0.1) is 19.7 Å². The number of hydrogen-bond donors (Lipinski definition) is 2. The molecule has 0 fully saturated rings.